The van der Waals surface area contributed by atoms with Gasteiger partial charge in [0.2, 0.25) is 5.95 Å². The fourth-order valence-electron chi connectivity index (χ4n) is 3.89. The number of pyridine rings is 1. The number of nitro benzene ring substituents is 1. The number of benzene rings is 2. The maximum atomic E-state index is 13.4. The topological polar surface area (TPSA) is 128 Å². The highest BCUT2D eigenvalue weighted by molar-refractivity contribution is 9.10. The first-order chi connectivity index (χ1) is 16.9. The Kier molecular flexibility index (Phi) is 5.83. The highest BCUT2D eigenvalue weighted by atomic mass is 79.9. The average Bonchev–Trinajstić information content (AvgIpc) is 3.28. The van der Waals surface area contributed by atoms with Gasteiger partial charge in [0.15, 0.2) is 5.82 Å². The zero-order valence-electron chi connectivity index (χ0n) is 18.3. The van der Waals surface area contributed by atoms with E-state index < -0.39 is 11.0 Å². The Labute approximate surface area is 208 Å². The second-order valence-corrected chi connectivity index (χ2v) is 8.74. The van der Waals surface area contributed by atoms with Gasteiger partial charge in [-0.2, -0.15) is 4.98 Å². The number of hydrogen-bond acceptors (Lipinski definition) is 7. The molecule has 1 amide bonds. The lowest BCUT2D eigenvalue weighted by Gasteiger charge is -2.28. The van der Waals surface area contributed by atoms with Gasteiger partial charge >= 0.3 is 0 Å². The van der Waals surface area contributed by atoms with E-state index in [1.54, 1.807) is 41.3 Å². The Hall–Kier alpha value is -4.38. The van der Waals surface area contributed by atoms with Crippen molar-refractivity contribution in [3.63, 3.8) is 0 Å². The van der Waals surface area contributed by atoms with E-state index in [4.69, 9.17) is 0 Å². The number of rotatable bonds is 5. The minimum Gasteiger partial charge on any atom is -0.328 e. The Morgan fingerprint density at radius 1 is 1.14 bits per heavy atom. The fourth-order valence-corrected chi connectivity index (χ4v) is 4.15. The molecular weight excluding hydrogens is 514 g/mol. The molecule has 0 aliphatic carbocycles. The molecule has 1 atom stereocenters. The van der Waals surface area contributed by atoms with Gasteiger partial charge in [0.25, 0.3) is 11.6 Å². The number of amides is 1. The van der Waals surface area contributed by atoms with E-state index in [1.165, 1.54) is 12.1 Å². The Morgan fingerprint density at radius 3 is 2.54 bits per heavy atom. The fraction of sp³-hybridized carbons (Fsp3) is 0.0833. The van der Waals surface area contributed by atoms with Crippen LogP contribution in [0.15, 0.2) is 88.8 Å². The lowest BCUT2D eigenvalue weighted by molar-refractivity contribution is -0.384. The summed E-state index contributed by atoms with van der Waals surface area (Å²) in [5.41, 5.74) is 3.12. The van der Waals surface area contributed by atoms with Gasteiger partial charge < -0.3 is 10.6 Å². The standard InChI is InChI=1S/C24H18BrN7O3/c1-14-20(23(33)28-18-3-2-12-26-13-18)21(15-4-8-17(25)9-5-15)31-24(27-14)29-22(30-31)16-6-10-19(11-7-16)32(34)35/h2-13,21H,1H3,(H,28,33)(H,27,29,30). The number of fused-ring (bicyclic) bond motifs is 1. The van der Waals surface area contributed by atoms with Crippen molar-refractivity contribution in [1.29, 1.82) is 0 Å². The normalized spacial score (nSPS) is 14.7. The first-order valence-corrected chi connectivity index (χ1v) is 11.4. The van der Waals surface area contributed by atoms with Crippen LogP contribution in [0.25, 0.3) is 11.4 Å². The summed E-state index contributed by atoms with van der Waals surface area (Å²) in [6.45, 7) is 1.81. The Morgan fingerprint density at radius 2 is 1.89 bits per heavy atom. The van der Waals surface area contributed by atoms with E-state index in [2.05, 4.69) is 41.6 Å². The van der Waals surface area contributed by atoms with E-state index in [0.29, 0.717) is 34.3 Å². The highest BCUT2D eigenvalue weighted by Gasteiger charge is 2.34. The van der Waals surface area contributed by atoms with Crippen molar-refractivity contribution < 1.29 is 9.72 Å². The van der Waals surface area contributed by atoms with Gasteiger partial charge in [-0.05, 0) is 48.9 Å². The van der Waals surface area contributed by atoms with Crippen molar-refractivity contribution >= 4 is 39.2 Å². The van der Waals surface area contributed by atoms with Gasteiger partial charge in [0.1, 0.15) is 6.04 Å². The summed E-state index contributed by atoms with van der Waals surface area (Å²) in [6.07, 6.45) is 3.21. The molecule has 2 aromatic carbocycles. The average molecular weight is 532 g/mol. The van der Waals surface area contributed by atoms with Crippen molar-refractivity contribution in [2.45, 2.75) is 13.0 Å². The largest absolute Gasteiger partial charge is 0.328 e. The predicted molar refractivity (Wildman–Crippen MR) is 134 cm³/mol. The van der Waals surface area contributed by atoms with Crippen LogP contribution in [0, 0.1) is 10.1 Å². The Balaban J connectivity index is 1.58. The number of allylic oxidation sites excluding steroid dienone is 1. The molecule has 0 saturated carbocycles. The summed E-state index contributed by atoms with van der Waals surface area (Å²) in [4.78, 5) is 32.7. The van der Waals surface area contributed by atoms with Crippen LogP contribution in [-0.2, 0) is 4.79 Å². The van der Waals surface area contributed by atoms with Crippen LogP contribution in [0.4, 0.5) is 17.3 Å². The molecule has 0 saturated heterocycles. The molecular formula is C24H18BrN7O3. The number of nitrogens with zero attached hydrogens (tertiary/aromatic N) is 5. The lowest BCUT2D eigenvalue weighted by Crippen LogP contribution is -2.31. The van der Waals surface area contributed by atoms with Crippen molar-refractivity contribution in [2.24, 2.45) is 0 Å². The minimum absolute atomic E-state index is 0.0181. The first-order valence-electron chi connectivity index (χ1n) is 10.6. The molecule has 2 aromatic heterocycles. The predicted octanol–water partition coefficient (Wildman–Crippen LogP) is 4.94. The zero-order valence-corrected chi connectivity index (χ0v) is 19.9. The molecule has 5 rings (SSSR count). The summed E-state index contributed by atoms with van der Waals surface area (Å²) in [6, 6.07) is 16.6. The molecule has 1 unspecified atom stereocenters. The van der Waals surface area contributed by atoms with Gasteiger partial charge in [0.05, 0.1) is 22.4 Å². The second kappa shape index (κ2) is 9.11. The number of carbonyl (C=O) groups excluding carboxylic acids is 1. The molecule has 3 heterocycles. The summed E-state index contributed by atoms with van der Waals surface area (Å²) in [5.74, 6) is 0.543. The maximum Gasteiger partial charge on any atom is 0.269 e. The van der Waals surface area contributed by atoms with E-state index >= 15 is 0 Å². The SMILES string of the molecule is CC1=C(C(=O)Nc2cccnc2)C(c2ccc(Br)cc2)n2nc(-c3ccc([N+](=O)[O-])cc3)nc2N1. The molecule has 11 heteroatoms. The second-order valence-electron chi connectivity index (χ2n) is 7.82. The Bertz CT molecular complexity index is 1450. The van der Waals surface area contributed by atoms with Crippen LogP contribution in [0.2, 0.25) is 0 Å². The molecule has 0 radical (unpaired) electrons. The molecule has 4 aromatic rings. The zero-order chi connectivity index (χ0) is 24.5. The van der Waals surface area contributed by atoms with Gasteiger partial charge in [-0.1, -0.05) is 28.1 Å². The molecule has 1 aliphatic rings. The number of non-ortho nitro benzene ring substituents is 1. The van der Waals surface area contributed by atoms with E-state index in [9.17, 15) is 14.9 Å². The van der Waals surface area contributed by atoms with Gasteiger partial charge in [-0.15, -0.1) is 5.10 Å². The number of halogens is 1. The molecule has 0 bridgehead atoms. The van der Waals surface area contributed by atoms with Gasteiger partial charge in [0, 0.05) is 34.1 Å². The smallest absolute Gasteiger partial charge is 0.269 e. The molecule has 35 heavy (non-hydrogen) atoms. The van der Waals surface area contributed by atoms with Crippen LogP contribution >= 0.6 is 15.9 Å². The van der Waals surface area contributed by atoms with Crippen LogP contribution in [0.1, 0.15) is 18.5 Å². The van der Waals surface area contributed by atoms with Crippen LogP contribution in [0.5, 0.6) is 0 Å². The summed E-state index contributed by atoms with van der Waals surface area (Å²) in [5, 5.41) is 21.8. The van der Waals surface area contributed by atoms with E-state index in [1.807, 2.05) is 31.2 Å². The van der Waals surface area contributed by atoms with Crippen molar-refractivity contribution in [3.05, 3.63) is 104 Å². The first kappa shape index (κ1) is 22.4. The maximum absolute atomic E-state index is 13.4. The van der Waals surface area contributed by atoms with Crippen molar-refractivity contribution in [2.75, 3.05) is 10.6 Å². The number of aromatic nitrogens is 4. The van der Waals surface area contributed by atoms with Gasteiger partial charge in [-0.3, -0.25) is 19.9 Å². The molecule has 1 aliphatic heterocycles. The number of nitro groups is 1. The van der Waals surface area contributed by atoms with Gasteiger partial charge in [-0.25, -0.2) is 4.68 Å². The number of nitrogens with one attached hydrogen (secondary N) is 2. The van der Waals surface area contributed by atoms with E-state index in [-0.39, 0.29) is 11.6 Å². The number of carbonyl (C=O) groups is 1. The lowest BCUT2D eigenvalue weighted by atomic mass is 9.95. The molecule has 0 fully saturated rings. The molecule has 2 N–H and O–H groups in total. The summed E-state index contributed by atoms with van der Waals surface area (Å²) >= 11 is 3.46. The molecule has 174 valence electrons. The van der Waals surface area contributed by atoms with E-state index in [0.717, 1.165) is 10.0 Å². The third-order valence-electron chi connectivity index (χ3n) is 5.54. The molecule has 0 spiro atoms. The highest BCUT2D eigenvalue weighted by Crippen LogP contribution is 2.37. The third-order valence-corrected chi connectivity index (χ3v) is 6.07. The molecule has 10 nitrogen and oxygen atoms in total. The third kappa shape index (κ3) is 4.41. The van der Waals surface area contributed by atoms with Crippen LogP contribution in [-0.4, -0.2) is 30.6 Å². The van der Waals surface area contributed by atoms with Crippen molar-refractivity contribution in [1.82, 2.24) is 19.7 Å². The van der Waals surface area contributed by atoms with Crippen molar-refractivity contribution in [3.8, 4) is 11.4 Å². The minimum atomic E-state index is -0.560. The van der Waals surface area contributed by atoms with Crippen LogP contribution in [0.3, 0.4) is 0 Å². The quantitative estimate of drug-likeness (QED) is 0.275. The number of anilines is 2. The monoisotopic (exact) mass is 531 g/mol. The van der Waals surface area contributed by atoms with Crippen LogP contribution < -0.4 is 10.6 Å². The summed E-state index contributed by atoms with van der Waals surface area (Å²) < 4.78 is 2.56. The summed E-state index contributed by atoms with van der Waals surface area (Å²) in [7, 11) is 0. The number of hydrogen-bond donors (Lipinski definition) is 2.